The zero-order valence-corrected chi connectivity index (χ0v) is 8.79. The summed E-state index contributed by atoms with van der Waals surface area (Å²) in [6.07, 6.45) is 2.18. The van der Waals surface area contributed by atoms with E-state index in [-0.39, 0.29) is 6.10 Å². The number of aliphatic hydroxyl groups is 1. The topological polar surface area (TPSA) is 49.5 Å². The van der Waals surface area contributed by atoms with Crippen LogP contribution in [0.3, 0.4) is 0 Å². The van der Waals surface area contributed by atoms with Crippen molar-refractivity contribution in [2.45, 2.75) is 32.8 Å². The maximum atomic E-state index is 9.41. The zero-order chi connectivity index (χ0) is 9.90. The molecule has 0 saturated carbocycles. The van der Waals surface area contributed by atoms with E-state index in [1.807, 2.05) is 0 Å². The van der Waals surface area contributed by atoms with Gasteiger partial charge in [0.25, 0.3) is 0 Å². The van der Waals surface area contributed by atoms with Crippen LogP contribution in [0.2, 0.25) is 0 Å². The van der Waals surface area contributed by atoms with Crippen molar-refractivity contribution in [2.75, 3.05) is 26.2 Å². The number of nitrogens with zero attached hydrogens (tertiary/aromatic N) is 1. The van der Waals surface area contributed by atoms with Gasteiger partial charge < -0.3 is 15.7 Å². The number of aliphatic hydroxyl groups excluding tert-OH is 1. The monoisotopic (exact) mass is 186 g/mol. The molecule has 0 aromatic carbocycles. The fraction of sp³-hybridized carbons (Fsp3) is 1.00. The van der Waals surface area contributed by atoms with Gasteiger partial charge in [-0.2, -0.15) is 0 Å². The number of β-amino-alcohol motifs (C(OH)–C–C–N with tert-alkyl or cyclic N) is 1. The molecule has 0 amide bonds. The average Bonchev–Trinajstić information content (AvgIpc) is 2.02. The summed E-state index contributed by atoms with van der Waals surface area (Å²) in [4.78, 5) is 2.32. The van der Waals surface area contributed by atoms with Crippen molar-refractivity contribution in [3.8, 4) is 0 Å². The largest absolute Gasteiger partial charge is 0.390 e. The molecule has 0 aliphatic carbocycles. The predicted molar refractivity (Wildman–Crippen MR) is 54.5 cm³/mol. The van der Waals surface area contributed by atoms with E-state index in [4.69, 9.17) is 5.73 Å². The van der Waals surface area contributed by atoms with Gasteiger partial charge in [0, 0.05) is 19.6 Å². The van der Waals surface area contributed by atoms with Crippen LogP contribution in [0.25, 0.3) is 0 Å². The predicted octanol–water partition coefficient (Wildman–Crippen LogP) is 0.428. The third-order valence-corrected chi connectivity index (χ3v) is 2.72. The first kappa shape index (κ1) is 11.0. The molecule has 3 heteroatoms. The minimum Gasteiger partial charge on any atom is -0.390 e. The molecule has 1 fully saturated rings. The van der Waals surface area contributed by atoms with E-state index in [2.05, 4.69) is 18.7 Å². The molecule has 0 aromatic heterocycles. The molecule has 1 heterocycles. The normalized spacial score (nSPS) is 25.8. The third-order valence-electron chi connectivity index (χ3n) is 2.72. The van der Waals surface area contributed by atoms with E-state index < -0.39 is 0 Å². The summed E-state index contributed by atoms with van der Waals surface area (Å²) < 4.78 is 0. The molecule has 1 unspecified atom stereocenters. The summed E-state index contributed by atoms with van der Waals surface area (Å²) in [5, 5.41) is 9.41. The molecule has 3 nitrogen and oxygen atoms in total. The molecule has 1 aliphatic rings. The molecule has 0 spiro atoms. The molecular formula is C10H22N2O. The van der Waals surface area contributed by atoms with Crippen molar-refractivity contribution in [2.24, 2.45) is 11.1 Å². The van der Waals surface area contributed by atoms with Crippen LogP contribution < -0.4 is 5.73 Å². The van der Waals surface area contributed by atoms with Gasteiger partial charge in [-0.15, -0.1) is 0 Å². The highest BCUT2D eigenvalue weighted by atomic mass is 16.3. The number of rotatable bonds is 3. The van der Waals surface area contributed by atoms with Gasteiger partial charge >= 0.3 is 0 Å². The quantitative estimate of drug-likeness (QED) is 0.672. The van der Waals surface area contributed by atoms with E-state index in [9.17, 15) is 5.11 Å². The van der Waals surface area contributed by atoms with E-state index in [0.717, 1.165) is 19.6 Å². The fourth-order valence-corrected chi connectivity index (χ4v) is 2.07. The van der Waals surface area contributed by atoms with E-state index in [0.29, 0.717) is 12.0 Å². The van der Waals surface area contributed by atoms with Crippen LogP contribution in [0.15, 0.2) is 0 Å². The van der Waals surface area contributed by atoms with Gasteiger partial charge in [0.2, 0.25) is 0 Å². The maximum Gasteiger partial charge on any atom is 0.0789 e. The molecule has 0 aromatic rings. The molecule has 1 saturated heterocycles. The van der Waals surface area contributed by atoms with Gasteiger partial charge in [0.05, 0.1) is 6.10 Å². The summed E-state index contributed by atoms with van der Waals surface area (Å²) in [6, 6.07) is 0. The Morgan fingerprint density at radius 2 is 2.23 bits per heavy atom. The highest BCUT2D eigenvalue weighted by molar-refractivity contribution is 4.80. The lowest BCUT2D eigenvalue weighted by atomic mass is 9.84. The van der Waals surface area contributed by atoms with Gasteiger partial charge in [0.15, 0.2) is 0 Å². The summed E-state index contributed by atoms with van der Waals surface area (Å²) in [5.74, 6) is 0. The number of piperidine rings is 1. The van der Waals surface area contributed by atoms with E-state index in [1.165, 1.54) is 12.8 Å². The first-order chi connectivity index (χ1) is 6.03. The van der Waals surface area contributed by atoms with Crippen LogP contribution in [0, 0.1) is 5.41 Å². The fourth-order valence-electron chi connectivity index (χ4n) is 2.07. The summed E-state index contributed by atoms with van der Waals surface area (Å²) in [5.41, 5.74) is 5.79. The Morgan fingerprint density at radius 1 is 1.54 bits per heavy atom. The Morgan fingerprint density at radius 3 is 2.77 bits per heavy atom. The first-order valence-electron chi connectivity index (χ1n) is 5.14. The van der Waals surface area contributed by atoms with Crippen LogP contribution in [-0.2, 0) is 0 Å². The van der Waals surface area contributed by atoms with Gasteiger partial charge in [-0.05, 0) is 24.8 Å². The highest BCUT2D eigenvalue weighted by Gasteiger charge is 2.26. The van der Waals surface area contributed by atoms with Crippen LogP contribution in [-0.4, -0.2) is 42.3 Å². The first-order valence-corrected chi connectivity index (χ1v) is 5.14. The van der Waals surface area contributed by atoms with Gasteiger partial charge in [-0.25, -0.2) is 0 Å². The number of likely N-dealkylation sites (tertiary alicyclic amines) is 1. The summed E-state index contributed by atoms with van der Waals surface area (Å²) >= 11 is 0. The minimum absolute atomic E-state index is 0.353. The smallest absolute Gasteiger partial charge is 0.0789 e. The second-order valence-electron chi connectivity index (χ2n) is 4.89. The Hall–Kier alpha value is -0.120. The second kappa shape index (κ2) is 4.40. The number of hydrogen-bond donors (Lipinski definition) is 2. The van der Waals surface area contributed by atoms with Crippen LogP contribution in [0.5, 0.6) is 0 Å². The number of nitrogens with two attached hydrogens (primary N) is 1. The Kier molecular flexibility index (Phi) is 3.71. The zero-order valence-electron chi connectivity index (χ0n) is 8.79. The molecule has 1 aliphatic heterocycles. The van der Waals surface area contributed by atoms with Crippen molar-refractivity contribution in [1.29, 1.82) is 0 Å². The molecule has 78 valence electrons. The second-order valence-corrected chi connectivity index (χ2v) is 4.89. The van der Waals surface area contributed by atoms with Crippen LogP contribution >= 0.6 is 0 Å². The van der Waals surface area contributed by atoms with Crippen molar-refractivity contribution in [3.63, 3.8) is 0 Å². The summed E-state index contributed by atoms with van der Waals surface area (Å²) in [7, 11) is 0. The lowest BCUT2D eigenvalue weighted by Gasteiger charge is -2.38. The Balaban J connectivity index is 2.34. The molecule has 13 heavy (non-hydrogen) atoms. The van der Waals surface area contributed by atoms with Gasteiger partial charge in [-0.1, -0.05) is 13.8 Å². The number of hydrogen-bond acceptors (Lipinski definition) is 3. The maximum absolute atomic E-state index is 9.41. The summed E-state index contributed by atoms with van der Waals surface area (Å²) in [6.45, 7) is 7.88. The molecule has 3 N–H and O–H groups in total. The van der Waals surface area contributed by atoms with E-state index in [1.54, 1.807) is 0 Å². The minimum atomic E-state index is -0.353. The Bertz CT molecular complexity index is 159. The lowest BCUT2D eigenvalue weighted by molar-refractivity contribution is 0.0636. The average molecular weight is 186 g/mol. The van der Waals surface area contributed by atoms with Gasteiger partial charge in [0.1, 0.15) is 0 Å². The van der Waals surface area contributed by atoms with Crippen LogP contribution in [0.4, 0.5) is 0 Å². The van der Waals surface area contributed by atoms with Crippen molar-refractivity contribution >= 4 is 0 Å². The SMILES string of the molecule is CC1(C)CCCN(CC(O)CN)C1. The lowest BCUT2D eigenvalue weighted by Crippen LogP contribution is -2.45. The van der Waals surface area contributed by atoms with Crippen molar-refractivity contribution in [3.05, 3.63) is 0 Å². The van der Waals surface area contributed by atoms with Crippen LogP contribution in [0.1, 0.15) is 26.7 Å². The highest BCUT2D eigenvalue weighted by Crippen LogP contribution is 2.28. The molecule has 1 atom stereocenters. The molecule has 0 bridgehead atoms. The van der Waals surface area contributed by atoms with Gasteiger partial charge in [-0.3, -0.25) is 0 Å². The molecular weight excluding hydrogens is 164 g/mol. The third kappa shape index (κ3) is 3.63. The standard InChI is InChI=1S/C10H22N2O/c1-10(2)4-3-5-12(8-10)7-9(13)6-11/h9,13H,3-8,11H2,1-2H3. The Labute approximate surface area is 80.9 Å². The van der Waals surface area contributed by atoms with Crippen molar-refractivity contribution in [1.82, 2.24) is 4.90 Å². The van der Waals surface area contributed by atoms with E-state index >= 15 is 0 Å². The molecule has 0 radical (unpaired) electrons. The molecule has 1 rings (SSSR count). The van der Waals surface area contributed by atoms with Crippen molar-refractivity contribution < 1.29 is 5.11 Å².